The fourth-order valence-corrected chi connectivity index (χ4v) is 3.71. The Labute approximate surface area is 125 Å². The number of aldehydes is 1. The molecular formula is C15H25N3OS. The molecule has 20 heavy (non-hydrogen) atoms. The van der Waals surface area contributed by atoms with Gasteiger partial charge in [0.05, 0.1) is 10.6 Å². The molecule has 0 unspecified atom stereocenters. The molecule has 4 nitrogen and oxygen atoms in total. The van der Waals surface area contributed by atoms with E-state index in [0.29, 0.717) is 5.92 Å². The highest BCUT2D eigenvalue weighted by molar-refractivity contribution is 7.17. The first-order chi connectivity index (χ1) is 9.51. The smallest absolute Gasteiger partial charge is 0.185 e. The van der Waals surface area contributed by atoms with Crippen LogP contribution in [-0.2, 0) is 0 Å². The van der Waals surface area contributed by atoms with Gasteiger partial charge in [-0.15, -0.1) is 0 Å². The van der Waals surface area contributed by atoms with Gasteiger partial charge in [-0.2, -0.15) is 0 Å². The van der Waals surface area contributed by atoms with Crippen LogP contribution in [0.25, 0.3) is 0 Å². The van der Waals surface area contributed by atoms with Gasteiger partial charge in [0.2, 0.25) is 0 Å². The topological polar surface area (TPSA) is 36.4 Å². The largest absolute Gasteiger partial charge is 0.351 e. The summed E-state index contributed by atoms with van der Waals surface area (Å²) in [6.07, 6.45) is 3.45. The lowest BCUT2D eigenvalue weighted by Crippen LogP contribution is -2.35. The van der Waals surface area contributed by atoms with E-state index in [2.05, 4.69) is 42.7 Å². The van der Waals surface area contributed by atoms with Gasteiger partial charge in [0.1, 0.15) is 0 Å². The summed E-state index contributed by atoms with van der Waals surface area (Å²) in [4.78, 5) is 21.2. The van der Waals surface area contributed by atoms with Crippen molar-refractivity contribution in [3.05, 3.63) is 10.6 Å². The predicted molar refractivity (Wildman–Crippen MR) is 85.1 cm³/mol. The zero-order chi connectivity index (χ0) is 14.7. The van der Waals surface area contributed by atoms with Crippen LogP contribution < -0.4 is 4.90 Å². The number of carbonyl (C=O) groups excluding carboxylic acids is 1. The molecule has 1 saturated heterocycles. The SMILES string of the molecule is CC(C)c1nc(N(C)CC2CCN(C)CC2)sc1C=O. The van der Waals surface area contributed by atoms with E-state index in [1.165, 1.54) is 37.3 Å². The summed E-state index contributed by atoms with van der Waals surface area (Å²) in [7, 11) is 4.28. The van der Waals surface area contributed by atoms with E-state index in [9.17, 15) is 4.79 Å². The molecule has 1 aromatic heterocycles. The van der Waals surface area contributed by atoms with E-state index in [4.69, 9.17) is 0 Å². The molecule has 1 aromatic rings. The molecule has 0 aromatic carbocycles. The van der Waals surface area contributed by atoms with Gasteiger partial charge in [0, 0.05) is 13.6 Å². The average Bonchev–Trinajstić information content (AvgIpc) is 2.86. The van der Waals surface area contributed by atoms with Gasteiger partial charge in [0.25, 0.3) is 0 Å². The van der Waals surface area contributed by atoms with Crippen molar-refractivity contribution in [2.45, 2.75) is 32.6 Å². The summed E-state index contributed by atoms with van der Waals surface area (Å²) < 4.78 is 0. The molecule has 1 aliphatic heterocycles. The van der Waals surface area contributed by atoms with Gasteiger partial charge in [-0.3, -0.25) is 4.79 Å². The number of nitrogens with zero attached hydrogens (tertiary/aromatic N) is 3. The molecule has 2 heterocycles. The first-order valence-electron chi connectivity index (χ1n) is 7.36. The van der Waals surface area contributed by atoms with E-state index in [-0.39, 0.29) is 0 Å². The molecular weight excluding hydrogens is 270 g/mol. The maximum Gasteiger partial charge on any atom is 0.185 e. The molecule has 0 radical (unpaired) electrons. The fourth-order valence-electron chi connectivity index (χ4n) is 2.70. The van der Waals surface area contributed by atoms with Crippen molar-refractivity contribution in [1.29, 1.82) is 0 Å². The third-order valence-corrected chi connectivity index (χ3v) is 5.13. The van der Waals surface area contributed by atoms with E-state index in [1.807, 2.05) is 0 Å². The molecule has 0 amide bonds. The van der Waals surface area contributed by atoms with Crippen molar-refractivity contribution in [2.24, 2.45) is 5.92 Å². The summed E-state index contributed by atoms with van der Waals surface area (Å²) in [6.45, 7) is 7.59. The number of likely N-dealkylation sites (tertiary alicyclic amines) is 1. The number of carbonyl (C=O) groups is 1. The number of aromatic nitrogens is 1. The Morgan fingerprint density at radius 2 is 2.10 bits per heavy atom. The zero-order valence-electron chi connectivity index (χ0n) is 12.9. The molecule has 5 heteroatoms. The number of anilines is 1. The predicted octanol–water partition coefficient (Wildman–Crippen LogP) is 2.86. The first-order valence-corrected chi connectivity index (χ1v) is 8.18. The van der Waals surface area contributed by atoms with Crippen molar-refractivity contribution < 1.29 is 4.79 Å². The number of piperidine rings is 1. The number of thiazole rings is 1. The lowest BCUT2D eigenvalue weighted by molar-refractivity contribution is 0.112. The monoisotopic (exact) mass is 295 g/mol. The molecule has 0 N–H and O–H groups in total. The Morgan fingerprint density at radius 1 is 1.45 bits per heavy atom. The molecule has 0 atom stereocenters. The van der Waals surface area contributed by atoms with E-state index < -0.39 is 0 Å². The van der Waals surface area contributed by atoms with Crippen molar-refractivity contribution >= 4 is 22.8 Å². The molecule has 1 fully saturated rings. The third-order valence-electron chi connectivity index (χ3n) is 4.02. The zero-order valence-corrected chi connectivity index (χ0v) is 13.7. The lowest BCUT2D eigenvalue weighted by atomic mass is 9.97. The summed E-state index contributed by atoms with van der Waals surface area (Å²) >= 11 is 1.52. The van der Waals surface area contributed by atoms with E-state index in [0.717, 1.165) is 34.5 Å². The second kappa shape index (κ2) is 6.68. The second-order valence-corrected chi connectivity index (χ2v) is 7.15. The van der Waals surface area contributed by atoms with Crippen molar-refractivity contribution in [2.75, 3.05) is 38.6 Å². The summed E-state index contributed by atoms with van der Waals surface area (Å²) in [5.74, 6) is 1.04. The third kappa shape index (κ3) is 3.58. The Balaban J connectivity index is 2.02. The normalized spacial score (nSPS) is 17.6. The first kappa shape index (κ1) is 15.4. The average molecular weight is 295 g/mol. The number of hydrogen-bond acceptors (Lipinski definition) is 5. The Hall–Kier alpha value is -0.940. The summed E-state index contributed by atoms with van der Waals surface area (Å²) in [5, 5.41) is 0.981. The van der Waals surface area contributed by atoms with Crippen LogP contribution in [0, 0.1) is 5.92 Å². The molecule has 0 bridgehead atoms. The van der Waals surface area contributed by atoms with Crippen molar-refractivity contribution in [3.8, 4) is 0 Å². The van der Waals surface area contributed by atoms with Crippen molar-refractivity contribution in [1.82, 2.24) is 9.88 Å². The molecule has 0 spiro atoms. The molecule has 2 rings (SSSR count). The van der Waals surface area contributed by atoms with Gasteiger partial charge in [-0.05, 0) is 44.8 Å². The van der Waals surface area contributed by atoms with Crippen LogP contribution in [0.2, 0.25) is 0 Å². The minimum Gasteiger partial charge on any atom is -0.351 e. The highest BCUT2D eigenvalue weighted by Gasteiger charge is 2.21. The van der Waals surface area contributed by atoms with Gasteiger partial charge < -0.3 is 9.80 Å². The second-order valence-electron chi connectivity index (χ2n) is 6.15. The summed E-state index contributed by atoms with van der Waals surface area (Å²) in [5.41, 5.74) is 0.940. The highest BCUT2D eigenvalue weighted by Crippen LogP contribution is 2.30. The molecule has 0 aliphatic carbocycles. The van der Waals surface area contributed by atoms with Crippen LogP contribution in [0.5, 0.6) is 0 Å². The number of hydrogen-bond donors (Lipinski definition) is 0. The quantitative estimate of drug-likeness (QED) is 0.783. The van der Waals surface area contributed by atoms with Crippen LogP contribution in [0.4, 0.5) is 5.13 Å². The highest BCUT2D eigenvalue weighted by atomic mass is 32.1. The van der Waals surface area contributed by atoms with Crippen LogP contribution in [-0.4, -0.2) is 49.9 Å². The number of rotatable bonds is 5. The minimum atomic E-state index is 0.303. The van der Waals surface area contributed by atoms with Gasteiger partial charge in [-0.1, -0.05) is 25.2 Å². The van der Waals surface area contributed by atoms with Gasteiger partial charge in [0.15, 0.2) is 11.4 Å². The van der Waals surface area contributed by atoms with Crippen molar-refractivity contribution in [3.63, 3.8) is 0 Å². The Bertz CT molecular complexity index is 450. The molecule has 0 saturated carbocycles. The Morgan fingerprint density at radius 3 is 2.60 bits per heavy atom. The maximum atomic E-state index is 11.1. The van der Waals surface area contributed by atoms with Crippen LogP contribution in [0.3, 0.4) is 0 Å². The van der Waals surface area contributed by atoms with Gasteiger partial charge in [-0.25, -0.2) is 4.98 Å². The van der Waals surface area contributed by atoms with Gasteiger partial charge >= 0.3 is 0 Å². The summed E-state index contributed by atoms with van der Waals surface area (Å²) in [6, 6.07) is 0. The van der Waals surface area contributed by atoms with Crippen LogP contribution >= 0.6 is 11.3 Å². The maximum absolute atomic E-state index is 11.1. The van der Waals surface area contributed by atoms with Crippen LogP contribution in [0.1, 0.15) is 48.0 Å². The van der Waals surface area contributed by atoms with E-state index >= 15 is 0 Å². The molecule has 1 aliphatic rings. The molecule has 112 valence electrons. The minimum absolute atomic E-state index is 0.303. The lowest BCUT2D eigenvalue weighted by Gasteiger charge is -2.31. The Kier molecular flexibility index (Phi) is 5.16. The standard InChI is InChI=1S/C15H25N3OS/c1-11(2)14-13(10-19)20-15(16-14)18(4)9-12-5-7-17(3)8-6-12/h10-12H,5-9H2,1-4H3. The van der Waals surface area contributed by atoms with Crippen LogP contribution in [0.15, 0.2) is 0 Å². The fraction of sp³-hybridized carbons (Fsp3) is 0.733. The van der Waals surface area contributed by atoms with E-state index in [1.54, 1.807) is 0 Å².